The summed E-state index contributed by atoms with van der Waals surface area (Å²) in [5.74, 6) is -0.0427. The summed E-state index contributed by atoms with van der Waals surface area (Å²) in [7, 11) is 3.65. The summed E-state index contributed by atoms with van der Waals surface area (Å²) in [6.45, 7) is 3.23. The van der Waals surface area contributed by atoms with Gasteiger partial charge in [-0.2, -0.15) is 5.10 Å². The van der Waals surface area contributed by atoms with E-state index in [0.29, 0.717) is 0 Å². The molecule has 1 aromatic rings. The third kappa shape index (κ3) is 2.55. The highest BCUT2D eigenvalue weighted by atomic mass is 16.2. The van der Waals surface area contributed by atoms with Crippen LogP contribution in [0.4, 0.5) is 0 Å². The molecule has 94 valence electrons. The largest absolute Gasteiger partial charge is 0.345 e. The number of rotatable bonds is 2. The number of aryl methyl sites for hydroxylation is 1. The minimum Gasteiger partial charge on any atom is -0.339 e. The van der Waals surface area contributed by atoms with Gasteiger partial charge in [0, 0.05) is 33.2 Å². The molecule has 2 heterocycles. The summed E-state index contributed by atoms with van der Waals surface area (Å²) >= 11 is 0. The molecule has 0 bridgehead atoms. The standard InChI is InChI=1S/C10H17N5O2/c1-12-3-5-14(6-4-12)9(16)7-15-10(17)13(2)8-11-15/h8H,3-7H2,1-2H3. The quantitative estimate of drug-likeness (QED) is 0.621. The van der Waals surface area contributed by atoms with Crippen molar-refractivity contribution < 1.29 is 4.79 Å². The molecule has 0 N–H and O–H groups in total. The number of amides is 1. The summed E-state index contributed by atoms with van der Waals surface area (Å²) in [6.07, 6.45) is 1.42. The van der Waals surface area contributed by atoms with E-state index in [1.54, 1.807) is 11.9 Å². The molecule has 0 aromatic carbocycles. The molecule has 1 aromatic heterocycles. The van der Waals surface area contributed by atoms with Gasteiger partial charge in [0.05, 0.1) is 0 Å². The lowest BCUT2D eigenvalue weighted by Crippen LogP contribution is -2.48. The van der Waals surface area contributed by atoms with Gasteiger partial charge in [0.15, 0.2) is 0 Å². The molecule has 1 amide bonds. The SMILES string of the molecule is CN1CCN(C(=O)Cn2ncn(C)c2=O)CC1. The lowest BCUT2D eigenvalue weighted by Gasteiger charge is -2.32. The van der Waals surface area contributed by atoms with Gasteiger partial charge in [-0.05, 0) is 7.05 Å². The number of hydrogen-bond acceptors (Lipinski definition) is 4. The van der Waals surface area contributed by atoms with Gasteiger partial charge in [-0.25, -0.2) is 9.48 Å². The fourth-order valence-electron chi connectivity index (χ4n) is 1.81. The zero-order chi connectivity index (χ0) is 12.4. The fourth-order valence-corrected chi connectivity index (χ4v) is 1.81. The van der Waals surface area contributed by atoms with Crippen LogP contribution in [0, 0.1) is 0 Å². The van der Waals surface area contributed by atoms with Crippen LogP contribution in [0.3, 0.4) is 0 Å². The molecule has 0 spiro atoms. The van der Waals surface area contributed by atoms with Gasteiger partial charge >= 0.3 is 5.69 Å². The average molecular weight is 239 g/mol. The van der Waals surface area contributed by atoms with E-state index in [2.05, 4.69) is 10.00 Å². The van der Waals surface area contributed by atoms with Crippen molar-refractivity contribution in [3.63, 3.8) is 0 Å². The minimum atomic E-state index is -0.257. The molecular weight excluding hydrogens is 222 g/mol. The topological polar surface area (TPSA) is 63.4 Å². The van der Waals surface area contributed by atoms with E-state index in [4.69, 9.17) is 0 Å². The zero-order valence-electron chi connectivity index (χ0n) is 10.2. The number of hydrogen-bond donors (Lipinski definition) is 0. The van der Waals surface area contributed by atoms with Crippen molar-refractivity contribution in [1.29, 1.82) is 0 Å². The van der Waals surface area contributed by atoms with Crippen molar-refractivity contribution in [2.24, 2.45) is 7.05 Å². The van der Waals surface area contributed by atoms with Crippen LogP contribution in [0.15, 0.2) is 11.1 Å². The fraction of sp³-hybridized carbons (Fsp3) is 0.700. The maximum Gasteiger partial charge on any atom is 0.345 e. The highest BCUT2D eigenvalue weighted by molar-refractivity contribution is 5.76. The number of aromatic nitrogens is 3. The highest BCUT2D eigenvalue weighted by Gasteiger charge is 2.20. The Morgan fingerprint density at radius 1 is 1.29 bits per heavy atom. The van der Waals surface area contributed by atoms with Gasteiger partial charge in [-0.1, -0.05) is 0 Å². The van der Waals surface area contributed by atoms with Crippen molar-refractivity contribution in [2.45, 2.75) is 6.54 Å². The van der Waals surface area contributed by atoms with Crippen LogP contribution in [0.1, 0.15) is 0 Å². The maximum absolute atomic E-state index is 11.9. The maximum atomic E-state index is 11.9. The molecule has 0 unspecified atom stereocenters. The molecule has 7 heteroatoms. The lowest BCUT2D eigenvalue weighted by molar-refractivity contribution is -0.133. The highest BCUT2D eigenvalue weighted by Crippen LogP contribution is 2.00. The smallest absolute Gasteiger partial charge is 0.339 e. The third-order valence-corrected chi connectivity index (χ3v) is 3.03. The first-order valence-corrected chi connectivity index (χ1v) is 5.62. The molecule has 7 nitrogen and oxygen atoms in total. The molecule has 1 aliphatic rings. The van der Waals surface area contributed by atoms with Gasteiger partial charge in [0.25, 0.3) is 0 Å². The third-order valence-electron chi connectivity index (χ3n) is 3.03. The van der Waals surface area contributed by atoms with Crippen molar-refractivity contribution in [1.82, 2.24) is 24.1 Å². The van der Waals surface area contributed by atoms with E-state index in [0.717, 1.165) is 26.2 Å². The number of nitrogens with zero attached hydrogens (tertiary/aromatic N) is 5. The molecule has 1 aliphatic heterocycles. The van der Waals surface area contributed by atoms with Gasteiger partial charge in [-0.3, -0.25) is 9.36 Å². The second-order valence-electron chi connectivity index (χ2n) is 4.37. The number of carbonyl (C=O) groups is 1. The van der Waals surface area contributed by atoms with E-state index in [9.17, 15) is 9.59 Å². The normalized spacial score (nSPS) is 17.4. The lowest BCUT2D eigenvalue weighted by atomic mass is 10.3. The molecule has 1 fully saturated rings. The zero-order valence-corrected chi connectivity index (χ0v) is 10.2. The minimum absolute atomic E-state index is 0.0311. The van der Waals surface area contributed by atoms with Gasteiger partial charge < -0.3 is 9.80 Å². The van der Waals surface area contributed by atoms with Crippen molar-refractivity contribution >= 4 is 5.91 Å². The van der Waals surface area contributed by atoms with Gasteiger partial charge in [-0.15, -0.1) is 0 Å². The summed E-state index contributed by atoms with van der Waals surface area (Å²) in [5.41, 5.74) is -0.257. The van der Waals surface area contributed by atoms with E-state index in [1.807, 2.05) is 7.05 Å². The Morgan fingerprint density at radius 3 is 2.47 bits per heavy atom. The Kier molecular flexibility index (Phi) is 3.28. The van der Waals surface area contributed by atoms with E-state index < -0.39 is 0 Å². The van der Waals surface area contributed by atoms with Crippen molar-refractivity contribution in [3.8, 4) is 0 Å². The number of piperazine rings is 1. The molecule has 17 heavy (non-hydrogen) atoms. The molecule has 0 atom stereocenters. The van der Waals surface area contributed by atoms with Crippen LogP contribution in [-0.2, 0) is 18.4 Å². The first-order chi connectivity index (χ1) is 8.08. The van der Waals surface area contributed by atoms with Crippen LogP contribution >= 0.6 is 0 Å². The summed E-state index contributed by atoms with van der Waals surface area (Å²) in [4.78, 5) is 27.4. The monoisotopic (exact) mass is 239 g/mol. The Hall–Kier alpha value is -1.63. The first kappa shape index (κ1) is 11.8. The second-order valence-corrected chi connectivity index (χ2v) is 4.37. The molecule has 0 aliphatic carbocycles. The Bertz CT molecular complexity index is 456. The molecule has 0 radical (unpaired) electrons. The second kappa shape index (κ2) is 4.70. The summed E-state index contributed by atoms with van der Waals surface area (Å²) < 4.78 is 2.55. The predicted octanol–water partition coefficient (Wildman–Crippen LogP) is -1.64. The first-order valence-electron chi connectivity index (χ1n) is 5.62. The molecule has 2 rings (SSSR count). The molecule has 1 saturated heterocycles. The Balaban J connectivity index is 1.98. The van der Waals surface area contributed by atoms with Gasteiger partial charge in [0.2, 0.25) is 5.91 Å². The van der Waals surface area contributed by atoms with Crippen LogP contribution in [0.2, 0.25) is 0 Å². The van der Waals surface area contributed by atoms with Crippen molar-refractivity contribution in [2.75, 3.05) is 33.2 Å². The van der Waals surface area contributed by atoms with Crippen LogP contribution < -0.4 is 5.69 Å². The van der Waals surface area contributed by atoms with E-state index in [1.165, 1.54) is 15.6 Å². The Morgan fingerprint density at radius 2 is 1.94 bits per heavy atom. The number of carbonyl (C=O) groups excluding carboxylic acids is 1. The average Bonchev–Trinajstić information content (AvgIpc) is 2.62. The van der Waals surface area contributed by atoms with Gasteiger partial charge in [0.1, 0.15) is 12.9 Å². The number of likely N-dealkylation sites (N-methyl/N-ethyl adjacent to an activating group) is 1. The summed E-state index contributed by atoms with van der Waals surface area (Å²) in [5, 5.41) is 3.87. The molecule has 0 saturated carbocycles. The Labute approximate surface area is 99.2 Å². The van der Waals surface area contributed by atoms with E-state index >= 15 is 0 Å². The summed E-state index contributed by atoms with van der Waals surface area (Å²) in [6, 6.07) is 0. The van der Waals surface area contributed by atoms with E-state index in [-0.39, 0.29) is 18.1 Å². The molecular formula is C10H17N5O2. The van der Waals surface area contributed by atoms with Crippen LogP contribution in [0.5, 0.6) is 0 Å². The van der Waals surface area contributed by atoms with Crippen LogP contribution in [0.25, 0.3) is 0 Å². The van der Waals surface area contributed by atoms with Crippen LogP contribution in [-0.4, -0.2) is 63.3 Å². The van der Waals surface area contributed by atoms with Crippen molar-refractivity contribution in [3.05, 3.63) is 16.8 Å². The predicted molar refractivity (Wildman–Crippen MR) is 61.5 cm³/mol.